The van der Waals surface area contributed by atoms with E-state index in [0.29, 0.717) is 5.56 Å². The number of hydrogen-bond donors (Lipinski definition) is 8. The first kappa shape index (κ1) is 46.4. The number of carbonyl (C=O) groups is 3. The van der Waals surface area contributed by atoms with E-state index < -0.39 is 123 Å². The summed E-state index contributed by atoms with van der Waals surface area (Å²) in [5.41, 5.74) is 0.551. The van der Waals surface area contributed by atoms with Crippen LogP contribution in [0, 0.1) is 0 Å². The molecule has 3 heterocycles. The normalized spacial score (nSPS) is 33.4. The van der Waals surface area contributed by atoms with Crippen LogP contribution in [0.25, 0.3) is 6.08 Å². The van der Waals surface area contributed by atoms with E-state index in [1.165, 1.54) is 62.6 Å². The fraction of sp³-hybridized carbons (Fsp3) is 0.452. The van der Waals surface area contributed by atoms with E-state index in [2.05, 4.69) is 0 Å². The number of carbonyl (C=O) groups excluding carboxylic acids is 3. The lowest BCUT2D eigenvalue weighted by molar-refractivity contribution is -0.383. The Hall–Kier alpha value is -5.07. The zero-order valence-electron chi connectivity index (χ0n) is 33.3. The van der Waals surface area contributed by atoms with E-state index >= 15 is 0 Å². The second-order valence-corrected chi connectivity index (χ2v) is 14.5. The molecule has 6 rings (SSSR count). The van der Waals surface area contributed by atoms with Gasteiger partial charge in [0.1, 0.15) is 62.0 Å². The summed E-state index contributed by atoms with van der Waals surface area (Å²) in [7, 11) is 1.33. The van der Waals surface area contributed by atoms with E-state index in [9.17, 15) is 55.2 Å². The van der Waals surface area contributed by atoms with Crippen LogP contribution in [0.3, 0.4) is 0 Å². The molecule has 3 saturated heterocycles. The Kier molecular flexibility index (Phi) is 15.3. The van der Waals surface area contributed by atoms with Crippen LogP contribution in [0.2, 0.25) is 0 Å². The van der Waals surface area contributed by atoms with Crippen molar-refractivity contribution in [2.45, 2.75) is 92.4 Å². The first-order valence-electron chi connectivity index (χ1n) is 19.4. The zero-order valence-corrected chi connectivity index (χ0v) is 33.3. The van der Waals surface area contributed by atoms with Gasteiger partial charge in [0.15, 0.2) is 30.0 Å². The molecule has 0 saturated carbocycles. The van der Waals surface area contributed by atoms with Gasteiger partial charge in [-0.05, 0) is 55.0 Å². The Bertz CT molecular complexity index is 2000. The summed E-state index contributed by atoms with van der Waals surface area (Å²) < 4.78 is 50.6. The molecule has 14 atom stereocenters. The van der Waals surface area contributed by atoms with Crippen LogP contribution < -0.4 is 9.47 Å². The van der Waals surface area contributed by atoms with Crippen molar-refractivity contribution in [1.82, 2.24) is 0 Å². The highest BCUT2D eigenvalue weighted by atomic mass is 16.8. The molecule has 20 heteroatoms. The maximum Gasteiger partial charge on any atom is 0.338 e. The van der Waals surface area contributed by atoms with Crippen LogP contribution in [0.15, 0.2) is 84.9 Å². The van der Waals surface area contributed by atoms with Crippen molar-refractivity contribution in [3.8, 4) is 11.5 Å². The number of methoxy groups -OCH3 is 1. The molecule has 8 N–H and O–H groups in total. The molecule has 0 aromatic heterocycles. The fourth-order valence-electron chi connectivity index (χ4n) is 6.92. The summed E-state index contributed by atoms with van der Waals surface area (Å²) in [6.07, 6.45) is -19.0. The van der Waals surface area contributed by atoms with Crippen molar-refractivity contribution in [3.05, 3.63) is 102 Å². The Morgan fingerprint density at radius 1 is 0.710 bits per heavy atom. The average molecular weight is 873 g/mol. The molecule has 0 aliphatic carbocycles. The SMILES string of the molecule is COc1cc(C=CC(=O)OC2C(COC(=O)c3ccccc3)OC(OC3(CO)OC(CO)C(O)C3OC(=O)c3ccccc3)C(O)C2O)ccc1OC1OC(C)C(O)C(O)C1O. The lowest BCUT2D eigenvalue weighted by Gasteiger charge is -2.44. The summed E-state index contributed by atoms with van der Waals surface area (Å²) >= 11 is 0. The van der Waals surface area contributed by atoms with Crippen molar-refractivity contribution in [2.24, 2.45) is 0 Å². The molecule has 3 aliphatic heterocycles. The van der Waals surface area contributed by atoms with Crippen LogP contribution in [0.1, 0.15) is 33.2 Å². The summed E-state index contributed by atoms with van der Waals surface area (Å²) in [6, 6.07) is 19.7. The predicted molar refractivity (Wildman–Crippen MR) is 207 cm³/mol. The van der Waals surface area contributed by atoms with Crippen molar-refractivity contribution in [3.63, 3.8) is 0 Å². The van der Waals surface area contributed by atoms with Crippen LogP contribution >= 0.6 is 0 Å². The van der Waals surface area contributed by atoms with E-state index in [4.69, 9.17) is 42.6 Å². The minimum absolute atomic E-state index is 0.0523. The molecule has 62 heavy (non-hydrogen) atoms. The highest BCUT2D eigenvalue weighted by Gasteiger charge is 2.61. The van der Waals surface area contributed by atoms with Gasteiger partial charge >= 0.3 is 17.9 Å². The monoisotopic (exact) mass is 872 g/mol. The van der Waals surface area contributed by atoms with E-state index in [1.807, 2.05) is 0 Å². The third-order valence-corrected chi connectivity index (χ3v) is 10.4. The van der Waals surface area contributed by atoms with Gasteiger partial charge in [-0.2, -0.15) is 0 Å². The molecule has 0 amide bonds. The number of aliphatic hydroxyl groups is 8. The number of esters is 3. The van der Waals surface area contributed by atoms with Gasteiger partial charge in [0, 0.05) is 6.08 Å². The zero-order chi connectivity index (χ0) is 44.7. The van der Waals surface area contributed by atoms with Gasteiger partial charge < -0.3 is 83.5 Å². The second kappa shape index (κ2) is 20.4. The van der Waals surface area contributed by atoms with E-state index in [0.717, 1.165) is 6.08 Å². The fourth-order valence-corrected chi connectivity index (χ4v) is 6.92. The Balaban J connectivity index is 1.19. The van der Waals surface area contributed by atoms with Crippen molar-refractivity contribution >= 4 is 24.0 Å². The molecule has 336 valence electrons. The third kappa shape index (κ3) is 10.2. The molecular formula is C42H48O20. The molecule has 3 aromatic carbocycles. The van der Waals surface area contributed by atoms with Gasteiger partial charge in [0.25, 0.3) is 0 Å². The largest absolute Gasteiger partial charge is 0.493 e. The second-order valence-electron chi connectivity index (χ2n) is 14.5. The lowest BCUT2D eigenvalue weighted by atomic mass is 9.98. The average Bonchev–Trinajstić information content (AvgIpc) is 3.55. The van der Waals surface area contributed by atoms with Gasteiger partial charge in [-0.25, -0.2) is 14.4 Å². The topological polar surface area (TPSA) is 296 Å². The number of benzene rings is 3. The molecule has 14 unspecified atom stereocenters. The van der Waals surface area contributed by atoms with Crippen LogP contribution in [0.5, 0.6) is 11.5 Å². The highest BCUT2D eigenvalue weighted by molar-refractivity contribution is 5.90. The highest BCUT2D eigenvalue weighted by Crippen LogP contribution is 2.39. The van der Waals surface area contributed by atoms with Crippen LogP contribution in [-0.2, 0) is 38.0 Å². The molecule has 20 nitrogen and oxygen atoms in total. The molecule has 0 radical (unpaired) electrons. The predicted octanol–water partition coefficient (Wildman–Crippen LogP) is -1.19. The molecule has 3 aliphatic rings. The van der Waals surface area contributed by atoms with Crippen molar-refractivity contribution < 1.29 is 97.9 Å². The Morgan fingerprint density at radius 3 is 1.98 bits per heavy atom. The van der Waals surface area contributed by atoms with Gasteiger partial charge in [-0.3, -0.25) is 0 Å². The maximum absolute atomic E-state index is 13.3. The number of ether oxygens (including phenoxy) is 9. The molecule has 0 bridgehead atoms. The Morgan fingerprint density at radius 2 is 1.35 bits per heavy atom. The third-order valence-electron chi connectivity index (χ3n) is 10.4. The van der Waals surface area contributed by atoms with Gasteiger partial charge in [-0.1, -0.05) is 42.5 Å². The minimum Gasteiger partial charge on any atom is -0.493 e. The van der Waals surface area contributed by atoms with Gasteiger partial charge in [-0.15, -0.1) is 0 Å². The molecule has 3 fully saturated rings. The first-order valence-corrected chi connectivity index (χ1v) is 19.4. The summed E-state index contributed by atoms with van der Waals surface area (Å²) in [4.78, 5) is 39.3. The number of hydrogen-bond acceptors (Lipinski definition) is 20. The quantitative estimate of drug-likeness (QED) is 0.0506. The standard InChI is InChI=1S/C42H48O20/c1-21-30(46)32(48)34(50)40(56-21)57-25-15-13-22(17-26(25)54-2)14-16-29(45)59-36-28(19-55-38(52)23-9-5-3-6-10-23)58-41(35(51)33(36)49)62-42(20-44)37(31(47)27(18-43)61-42)60-39(53)24-11-7-4-8-12-24/h3-17,21,27-28,30-37,40-41,43-44,46-51H,18-20H2,1-2H3. The summed E-state index contributed by atoms with van der Waals surface area (Å²) in [6.45, 7) is -1.18. The first-order chi connectivity index (χ1) is 29.7. The van der Waals surface area contributed by atoms with Crippen LogP contribution in [0.4, 0.5) is 0 Å². The minimum atomic E-state index is -2.51. The van der Waals surface area contributed by atoms with E-state index in [-0.39, 0.29) is 22.6 Å². The van der Waals surface area contributed by atoms with Crippen molar-refractivity contribution in [1.29, 1.82) is 0 Å². The summed E-state index contributed by atoms with van der Waals surface area (Å²) in [5, 5.41) is 84.8. The molecular weight excluding hydrogens is 824 g/mol. The van der Waals surface area contributed by atoms with Gasteiger partial charge in [0.05, 0.1) is 30.9 Å². The molecule has 0 spiro atoms. The number of rotatable bonds is 15. The number of aliphatic hydroxyl groups excluding tert-OH is 8. The summed E-state index contributed by atoms with van der Waals surface area (Å²) in [5.74, 6) is -5.18. The maximum atomic E-state index is 13.3. The van der Waals surface area contributed by atoms with Gasteiger partial charge in [0.2, 0.25) is 12.1 Å². The Labute approximate surface area is 353 Å². The van der Waals surface area contributed by atoms with Crippen LogP contribution in [-0.4, -0.2) is 171 Å². The lowest BCUT2D eigenvalue weighted by Crippen LogP contribution is -2.64. The van der Waals surface area contributed by atoms with Crippen molar-refractivity contribution in [2.75, 3.05) is 26.9 Å². The van der Waals surface area contributed by atoms with E-state index in [1.54, 1.807) is 36.4 Å². The molecule has 3 aromatic rings. The smallest absolute Gasteiger partial charge is 0.338 e.